The molecule has 21 heavy (non-hydrogen) atoms. The van der Waals surface area contributed by atoms with Gasteiger partial charge in [0, 0.05) is 25.8 Å². The molecule has 3 rings (SSSR count). The molecule has 1 aromatic carbocycles. The second-order valence-corrected chi connectivity index (χ2v) is 5.47. The molecule has 0 N–H and O–H groups in total. The smallest absolute Gasteiger partial charge is 0.269 e. The molecule has 8 heteroatoms. The van der Waals surface area contributed by atoms with Crippen LogP contribution >= 0.6 is 12.6 Å². The van der Waals surface area contributed by atoms with Crippen LogP contribution in [0.1, 0.15) is 17.8 Å². The number of hydrogen-bond donors (Lipinski definition) is 1. The van der Waals surface area contributed by atoms with Gasteiger partial charge in [0.05, 0.1) is 16.9 Å². The average molecular weight is 306 g/mol. The van der Waals surface area contributed by atoms with Crippen LogP contribution in [0.2, 0.25) is 0 Å². The van der Waals surface area contributed by atoms with Gasteiger partial charge in [0.25, 0.3) is 5.69 Å². The fourth-order valence-electron chi connectivity index (χ4n) is 2.75. The quantitative estimate of drug-likeness (QED) is 0.530. The Kier molecular flexibility index (Phi) is 3.42. The number of non-ortho nitro benzene ring substituents is 1. The Bertz CT molecular complexity index is 694. The van der Waals surface area contributed by atoms with Gasteiger partial charge in [0.15, 0.2) is 5.16 Å². The van der Waals surface area contributed by atoms with E-state index in [1.807, 2.05) is 13.1 Å². The standard InChI is InChI=1S/C13H14N4O3S/c1-16-11(14-15-12(16)21)13(5-6-20-8-13)9-3-2-4-10(7-9)17(18)19/h2-4,7H,5-6,8H2,1H3,(H,15,21). The summed E-state index contributed by atoms with van der Waals surface area (Å²) in [6, 6.07) is 6.62. The maximum atomic E-state index is 11.0. The lowest BCUT2D eigenvalue weighted by Gasteiger charge is -2.26. The summed E-state index contributed by atoms with van der Waals surface area (Å²) in [4.78, 5) is 10.6. The van der Waals surface area contributed by atoms with Crippen LogP contribution in [0.4, 0.5) is 5.69 Å². The minimum absolute atomic E-state index is 0.0621. The van der Waals surface area contributed by atoms with E-state index < -0.39 is 10.3 Å². The molecular formula is C13H14N4O3S. The van der Waals surface area contributed by atoms with Crippen molar-refractivity contribution in [2.24, 2.45) is 7.05 Å². The summed E-state index contributed by atoms with van der Waals surface area (Å²) in [5.74, 6) is 0.713. The number of nitrogens with zero attached hydrogens (tertiary/aromatic N) is 4. The molecule has 0 aliphatic carbocycles. The van der Waals surface area contributed by atoms with Gasteiger partial charge in [0.2, 0.25) is 0 Å². The van der Waals surface area contributed by atoms with Gasteiger partial charge in [-0.1, -0.05) is 12.1 Å². The fraction of sp³-hybridized carbons (Fsp3) is 0.385. The number of hydrogen-bond acceptors (Lipinski definition) is 6. The van der Waals surface area contributed by atoms with Gasteiger partial charge in [-0.2, -0.15) is 0 Å². The van der Waals surface area contributed by atoms with Crippen molar-refractivity contribution in [1.29, 1.82) is 0 Å². The van der Waals surface area contributed by atoms with Crippen LogP contribution in [0, 0.1) is 10.1 Å². The van der Waals surface area contributed by atoms with Crippen LogP contribution in [0.15, 0.2) is 29.4 Å². The van der Waals surface area contributed by atoms with Crippen molar-refractivity contribution in [2.75, 3.05) is 13.2 Å². The molecule has 0 spiro atoms. The third kappa shape index (κ3) is 2.20. The Morgan fingerprint density at radius 3 is 2.86 bits per heavy atom. The highest BCUT2D eigenvalue weighted by molar-refractivity contribution is 7.80. The zero-order valence-electron chi connectivity index (χ0n) is 11.4. The van der Waals surface area contributed by atoms with Gasteiger partial charge in [-0.3, -0.25) is 10.1 Å². The first kappa shape index (κ1) is 14.0. The summed E-state index contributed by atoms with van der Waals surface area (Å²) in [5.41, 5.74) is 0.361. The third-order valence-electron chi connectivity index (χ3n) is 3.91. The van der Waals surface area contributed by atoms with Gasteiger partial charge in [-0.15, -0.1) is 22.8 Å². The van der Waals surface area contributed by atoms with Gasteiger partial charge < -0.3 is 9.30 Å². The highest BCUT2D eigenvalue weighted by Gasteiger charge is 2.43. The summed E-state index contributed by atoms with van der Waals surface area (Å²) >= 11 is 4.25. The first-order valence-corrected chi connectivity index (χ1v) is 6.91. The third-order valence-corrected chi connectivity index (χ3v) is 4.30. The summed E-state index contributed by atoms with van der Waals surface area (Å²) in [6.07, 6.45) is 0.702. The Balaban J connectivity index is 2.16. The molecule has 0 radical (unpaired) electrons. The van der Waals surface area contributed by atoms with E-state index in [0.717, 1.165) is 5.56 Å². The van der Waals surface area contributed by atoms with E-state index >= 15 is 0 Å². The molecule has 0 saturated carbocycles. The zero-order chi connectivity index (χ0) is 15.0. The maximum Gasteiger partial charge on any atom is 0.269 e. The molecule has 1 aliphatic heterocycles. The van der Waals surface area contributed by atoms with E-state index in [2.05, 4.69) is 22.8 Å². The van der Waals surface area contributed by atoms with E-state index in [0.29, 0.717) is 30.6 Å². The summed E-state index contributed by atoms with van der Waals surface area (Å²) < 4.78 is 7.35. The summed E-state index contributed by atoms with van der Waals surface area (Å²) in [5, 5.41) is 19.7. The summed E-state index contributed by atoms with van der Waals surface area (Å²) in [7, 11) is 1.83. The number of nitro groups is 1. The Labute approximate surface area is 126 Å². The minimum atomic E-state index is -0.519. The Morgan fingerprint density at radius 2 is 2.29 bits per heavy atom. The molecule has 7 nitrogen and oxygen atoms in total. The second kappa shape index (κ2) is 5.12. The molecule has 2 aromatic rings. The lowest BCUT2D eigenvalue weighted by Crippen LogP contribution is -2.31. The molecule has 0 amide bonds. The monoisotopic (exact) mass is 306 g/mol. The van der Waals surface area contributed by atoms with Crippen molar-refractivity contribution < 1.29 is 9.66 Å². The van der Waals surface area contributed by atoms with E-state index in [1.165, 1.54) is 6.07 Å². The SMILES string of the molecule is Cn1c(S)nnc1C1(c2cccc([N+](=O)[O-])c2)CCOC1. The first-order valence-electron chi connectivity index (χ1n) is 6.46. The number of benzene rings is 1. The molecule has 1 aliphatic rings. The molecule has 1 fully saturated rings. The van der Waals surface area contributed by atoms with E-state index in [-0.39, 0.29) is 5.69 Å². The van der Waals surface area contributed by atoms with Crippen molar-refractivity contribution in [2.45, 2.75) is 17.0 Å². The van der Waals surface area contributed by atoms with Crippen LogP contribution in [-0.4, -0.2) is 32.9 Å². The van der Waals surface area contributed by atoms with Crippen LogP contribution in [0.5, 0.6) is 0 Å². The van der Waals surface area contributed by atoms with Crippen molar-refractivity contribution in [3.05, 3.63) is 45.8 Å². The number of nitro benzene ring substituents is 1. The topological polar surface area (TPSA) is 83.1 Å². The predicted molar refractivity (Wildman–Crippen MR) is 77.6 cm³/mol. The van der Waals surface area contributed by atoms with Crippen molar-refractivity contribution in [1.82, 2.24) is 14.8 Å². The molecule has 1 saturated heterocycles. The molecule has 0 bridgehead atoms. The van der Waals surface area contributed by atoms with Crippen molar-refractivity contribution in [3.8, 4) is 0 Å². The fourth-order valence-corrected chi connectivity index (χ4v) is 2.89. The Hall–Kier alpha value is -1.93. The van der Waals surface area contributed by atoms with Gasteiger partial charge in [-0.25, -0.2) is 0 Å². The molecular weight excluding hydrogens is 292 g/mol. The van der Waals surface area contributed by atoms with E-state index in [1.54, 1.807) is 16.7 Å². The lowest BCUT2D eigenvalue weighted by atomic mass is 9.78. The second-order valence-electron chi connectivity index (χ2n) is 5.07. The molecule has 1 atom stereocenters. The van der Waals surface area contributed by atoms with Crippen LogP contribution < -0.4 is 0 Å². The number of thiol groups is 1. The van der Waals surface area contributed by atoms with Crippen LogP contribution in [0.3, 0.4) is 0 Å². The van der Waals surface area contributed by atoms with Crippen LogP contribution in [-0.2, 0) is 17.2 Å². The predicted octanol–water partition coefficient (Wildman–Crippen LogP) is 1.72. The number of ether oxygens (including phenoxy) is 1. The maximum absolute atomic E-state index is 11.0. The first-order chi connectivity index (χ1) is 10.0. The molecule has 1 aromatic heterocycles. The van der Waals surface area contributed by atoms with Crippen molar-refractivity contribution >= 4 is 18.3 Å². The highest BCUT2D eigenvalue weighted by atomic mass is 32.1. The average Bonchev–Trinajstić information content (AvgIpc) is 3.08. The number of rotatable bonds is 3. The number of aromatic nitrogens is 3. The minimum Gasteiger partial charge on any atom is -0.380 e. The summed E-state index contributed by atoms with van der Waals surface area (Å²) in [6.45, 7) is 1.01. The van der Waals surface area contributed by atoms with Crippen LogP contribution in [0.25, 0.3) is 0 Å². The van der Waals surface area contributed by atoms with Gasteiger partial charge >= 0.3 is 0 Å². The van der Waals surface area contributed by atoms with E-state index in [4.69, 9.17) is 4.74 Å². The molecule has 2 heterocycles. The van der Waals surface area contributed by atoms with Gasteiger partial charge in [-0.05, 0) is 12.0 Å². The normalized spacial score (nSPS) is 21.6. The highest BCUT2D eigenvalue weighted by Crippen LogP contribution is 2.40. The molecule has 110 valence electrons. The Morgan fingerprint density at radius 1 is 1.48 bits per heavy atom. The largest absolute Gasteiger partial charge is 0.380 e. The molecule has 1 unspecified atom stereocenters. The van der Waals surface area contributed by atoms with Gasteiger partial charge in [0.1, 0.15) is 5.82 Å². The zero-order valence-corrected chi connectivity index (χ0v) is 12.3. The lowest BCUT2D eigenvalue weighted by molar-refractivity contribution is -0.385. The van der Waals surface area contributed by atoms with E-state index in [9.17, 15) is 10.1 Å². The van der Waals surface area contributed by atoms with Crippen molar-refractivity contribution in [3.63, 3.8) is 0 Å².